The van der Waals surface area contributed by atoms with E-state index in [2.05, 4.69) is 4.72 Å². The summed E-state index contributed by atoms with van der Waals surface area (Å²) < 4.78 is 25.8. The molecule has 1 atom stereocenters. The van der Waals surface area contributed by atoms with Crippen LogP contribution in [0.1, 0.15) is 18.2 Å². The molecular formula is C10H18N2O2S2. The molecule has 16 heavy (non-hydrogen) atoms. The number of nitrogens with one attached hydrogen (secondary N) is 1. The topological polar surface area (TPSA) is 72.2 Å². The molecule has 0 radical (unpaired) electrons. The first kappa shape index (κ1) is 13.6. The molecule has 0 fully saturated rings. The number of nitrogens with two attached hydrogens (primary N) is 1. The van der Waals surface area contributed by atoms with Gasteiger partial charge in [-0.1, -0.05) is 6.07 Å². The van der Waals surface area contributed by atoms with Gasteiger partial charge < -0.3 is 5.73 Å². The Morgan fingerprint density at radius 3 is 2.88 bits per heavy atom. The highest BCUT2D eigenvalue weighted by atomic mass is 32.2. The van der Waals surface area contributed by atoms with Crippen LogP contribution >= 0.6 is 11.3 Å². The van der Waals surface area contributed by atoms with Crippen molar-refractivity contribution in [2.24, 2.45) is 5.73 Å². The molecular weight excluding hydrogens is 244 g/mol. The highest BCUT2D eigenvalue weighted by molar-refractivity contribution is 7.89. The summed E-state index contributed by atoms with van der Waals surface area (Å²) in [4.78, 5) is 1.19. The Hall–Kier alpha value is -0.430. The van der Waals surface area contributed by atoms with E-state index in [0.717, 1.165) is 6.42 Å². The molecule has 1 aromatic rings. The SMILES string of the molecule is CC(Cc1cccs1)NS(=O)(=O)CCCN. The first-order valence-electron chi connectivity index (χ1n) is 5.26. The predicted octanol–water partition coefficient (Wildman–Crippen LogP) is 0.947. The number of sulfonamides is 1. The van der Waals surface area contributed by atoms with Crippen molar-refractivity contribution in [3.05, 3.63) is 22.4 Å². The van der Waals surface area contributed by atoms with Gasteiger partial charge in [-0.2, -0.15) is 0 Å². The number of hydrogen-bond acceptors (Lipinski definition) is 4. The molecule has 0 amide bonds. The summed E-state index contributed by atoms with van der Waals surface area (Å²) in [6.45, 7) is 2.28. The maximum Gasteiger partial charge on any atom is 0.211 e. The van der Waals surface area contributed by atoms with E-state index < -0.39 is 10.0 Å². The van der Waals surface area contributed by atoms with E-state index in [9.17, 15) is 8.42 Å². The van der Waals surface area contributed by atoms with Gasteiger partial charge in [-0.15, -0.1) is 11.3 Å². The summed E-state index contributed by atoms with van der Waals surface area (Å²) >= 11 is 1.64. The second kappa shape index (κ2) is 6.34. The van der Waals surface area contributed by atoms with Crippen LogP contribution in [0.25, 0.3) is 0 Å². The highest BCUT2D eigenvalue weighted by Crippen LogP contribution is 2.11. The fourth-order valence-electron chi connectivity index (χ4n) is 1.41. The van der Waals surface area contributed by atoms with Gasteiger partial charge in [0.15, 0.2) is 0 Å². The zero-order valence-electron chi connectivity index (χ0n) is 9.35. The average molecular weight is 262 g/mol. The molecule has 4 nitrogen and oxygen atoms in total. The number of rotatable bonds is 7. The van der Waals surface area contributed by atoms with E-state index in [-0.39, 0.29) is 11.8 Å². The van der Waals surface area contributed by atoms with Gasteiger partial charge >= 0.3 is 0 Å². The van der Waals surface area contributed by atoms with E-state index in [0.29, 0.717) is 13.0 Å². The summed E-state index contributed by atoms with van der Waals surface area (Å²) in [5.41, 5.74) is 5.29. The van der Waals surface area contributed by atoms with E-state index in [1.807, 2.05) is 24.4 Å². The molecule has 0 spiro atoms. The van der Waals surface area contributed by atoms with Crippen molar-refractivity contribution in [1.29, 1.82) is 0 Å². The maximum absolute atomic E-state index is 11.6. The molecule has 0 aliphatic rings. The minimum atomic E-state index is -3.17. The quantitative estimate of drug-likeness (QED) is 0.768. The number of thiophene rings is 1. The zero-order valence-corrected chi connectivity index (χ0v) is 11.0. The third-order valence-electron chi connectivity index (χ3n) is 2.09. The maximum atomic E-state index is 11.6. The average Bonchev–Trinajstić information content (AvgIpc) is 2.66. The molecule has 0 aromatic carbocycles. The molecule has 6 heteroatoms. The van der Waals surface area contributed by atoms with Gasteiger partial charge in [0.05, 0.1) is 5.75 Å². The van der Waals surface area contributed by atoms with Crippen LogP contribution in [-0.4, -0.2) is 26.8 Å². The normalized spacial score (nSPS) is 13.9. The van der Waals surface area contributed by atoms with Crippen molar-refractivity contribution in [2.75, 3.05) is 12.3 Å². The smallest absolute Gasteiger partial charge is 0.211 e. The lowest BCUT2D eigenvalue weighted by Gasteiger charge is -2.12. The van der Waals surface area contributed by atoms with E-state index in [1.54, 1.807) is 11.3 Å². The lowest BCUT2D eigenvalue weighted by Crippen LogP contribution is -2.36. The fraction of sp³-hybridized carbons (Fsp3) is 0.600. The van der Waals surface area contributed by atoms with Gasteiger partial charge in [-0.3, -0.25) is 0 Å². The van der Waals surface area contributed by atoms with Crippen LogP contribution < -0.4 is 10.5 Å². The monoisotopic (exact) mass is 262 g/mol. The Morgan fingerprint density at radius 1 is 1.56 bits per heavy atom. The Morgan fingerprint density at radius 2 is 2.31 bits per heavy atom. The first-order chi connectivity index (χ1) is 7.53. The molecule has 1 rings (SSSR count). The van der Waals surface area contributed by atoms with Crippen LogP contribution in [0.15, 0.2) is 17.5 Å². The van der Waals surface area contributed by atoms with Gasteiger partial charge in [0.25, 0.3) is 0 Å². The van der Waals surface area contributed by atoms with Crippen LogP contribution in [0.2, 0.25) is 0 Å². The van der Waals surface area contributed by atoms with Crippen LogP contribution in [0.3, 0.4) is 0 Å². The van der Waals surface area contributed by atoms with Crippen molar-refractivity contribution in [3.8, 4) is 0 Å². The van der Waals surface area contributed by atoms with Crippen molar-refractivity contribution < 1.29 is 8.42 Å². The molecule has 0 bridgehead atoms. The molecule has 3 N–H and O–H groups in total. The minimum absolute atomic E-state index is 0.0681. The summed E-state index contributed by atoms with van der Waals surface area (Å²) in [6.07, 6.45) is 1.24. The van der Waals surface area contributed by atoms with Gasteiger partial charge in [0.2, 0.25) is 10.0 Å². The minimum Gasteiger partial charge on any atom is -0.330 e. The van der Waals surface area contributed by atoms with Gasteiger partial charge in [0, 0.05) is 10.9 Å². The van der Waals surface area contributed by atoms with Gasteiger partial charge in [-0.05, 0) is 37.8 Å². The van der Waals surface area contributed by atoms with E-state index in [1.165, 1.54) is 4.88 Å². The predicted molar refractivity (Wildman–Crippen MR) is 68.1 cm³/mol. The molecule has 0 saturated heterocycles. The van der Waals surface area contributed by atoms with Crippen LogP contribution in [0, 0.1) is 0 Å². The van der Waals surface area contributed by atoms with Gasteiger partial charge in [0.1, 0.15) is 0 Å². The standard InChI is InChI=1S/C10H18N2O2S2/c1-9(8-10-4-2-6-15-10)12-16(13,14)7-3-5-11/h2,4,6,9,12H,3,5,7-8,11H2,1H3. The number of hydrogen-bond donors (Lipinski definition) is 2. The van der Waals surface area contributed by atoms with Crippen molar-refractivity contribution in [1.82, 2.24) is 4.72 Å². The molecule has 0 aliphatic heterocycles. The lowest BCUT2D eigenvalue weighted by molar-refractivity contribution is 0.558. The second-order valence-corrected chi connectivity index (χ2v) is 6.67. The third kappa shape index (κ3) is 5.07. The molecule has 0 aliphatic carbocycles. The molecule has 92 valence electrons. The second-order valence-electron chi connectivity index (χ2n) is 3.76. The highest BCUT2D eigenvalue weighted by Gasteiger charge is 2.14. The summed E-state index contributed by atoms with van der Waals surface area (Å²) in [6, 6.07) is 3.91. The molecule has 1 unspecified atom stereocenters. The van der Waals surface area contributed by atoms with Crippen LogP contribution in [-0.2, 0) is 16.4 Å². The van der Waals surface area contributed by atoms with Gasteiger partial charge in [-0.25, -0.2) is 13.1 Å². The Balaban J connectivity index is 2.41. The summed E-state index contributed by atoms with van der Waals surface area (Å²) in [5.74, 6) is 0.109. The third-order valence-corrected chi connectivity index (χ3v) is 4.57. The van der Waals surface area contributed by atoms with Crippen LogP contribution in [0.4, 0.5) is 0 Å². The molecule has 0 saturated carbocycles. The van der Waals surface area contributed by atoms with E-state index >= 15 is 0 Å². The molecule has 1 aromatic heterocycles. The van der Waals surface area contributed by atoms with Crippen LogP contribution in [0.5, 0.6) is 0 Å². The first-order valence-corrected chi connectivity index (χ1v) is 7.79. The molecule has 1 heterocycles. The largest absolute Gasteiger partial charge is 0.330 e. The Labute approximate surface area is 101 Å². The Bertz CT molecular complexity index is 387. The van der Waals surface area contributed by atoms with Crippen molar-refractivity contribution in [2.45, 2.75) is 25.8 Å². The van der Waals surface area contributed by atoms with Crippen molar-refractivity contribution >= 4 is 21.4 Å². The lowest BCUT2D eigenvalue weighted by atomic mass is 10.2. The fourth-order valence-corrected chi connectivity index (χ4v) is 3.61. The zero-order chi connectivity index (χ0) is 12.0. The Kier molecular flexibility index (Phi) is 5.40. The van der Waals surface area contributed by atoms with E-state index in [4.69, 9.17) is 5.73 Å². The van der Waals surface area contributed by atoms with Crippen molar-refractivity contribution in [3.63, 3.8) is 0 Å². The summed E-state index contributed by atoms with van der Waals surface area (Å²) in [7, 11) is -3.17. The summed E-state index contributed by atoms with van der Waals surface area (Å²) in [5, 5.41) is 1.99.